The summed E-state index contributed by atoms with van der Waals surface area (Å²) in [4.78, 5) is 16.3. The van der Waals surface area contributed by atoms with Gasteiger partial charge in [0, 0.05) is 30.1 Å². The zero-order chi connectivity index (χ0) is 17.6. The van der Waals surface area contributed by atoms with E-state index in [0.29, 0.717) is 12.2 Å². The molecule has 3 aromatic rings. The molecule has 3 rings (SSSR count). The second kappa shape index (κ2) is 7.72. The SMILES string of the molecule is CC(CC(O)c1ccccc1)NC(=O)c1cc(-c2cccnc2)on1. The maximum atomic E-state index is 12.3. The minimum Gasteiger partial charge on any atom is -0.388 e. The van der Waals surface area contributed by atoms with Crippen molar-refractivity contribution in [1.29, 1.82) is 0 Å². The van der Waals surface area contributed by atoms with E-state index in [1.165, 1.54) is 0 Å². The lowest BCUT2D eigenvalue weighted by molar-refractivity contribution is 0.0908. The fourth-order valence-electron chi connectivity index (χ4n) is 2.53. The van der Waals surface area contributed by atoms with Gasteiger partial charge in [0.25, 0.3) is 5.91 Å². The van der Waals surface area contributed by atoms with Gasteiger partial charge < -0.3 is 14.9 Å². The summed E-state index contributed by atoms with van der Waals surface area (Å²) in [5, 5.41) is 16.9. The fraction of sp³-hybridized carbons (Fsp3) is 0.211. The lowest BCUT2D eigenvalue weighted by Crippen LogP contribution is -2.33. The number of benzene rings is 1. The highest BCUT2D eigenvalue weighted by atomic mass is 16.5. The van der Waals surface area contributed by atoms with Crippen LogP contribution in [0.4, 0.5) is 0 Å². The summed E-state index contributed by atoms with van der Waals surface area (Å²) < 4.78 is 5.20. The van der Waals surface area contributed by atoms with Crippen molar-refractivity contribution in [3.05, 3.63) is 72.2 Å². The molecule has 0 saturated heterocycles. The van der Waals surface area contributed by atoms with Crippen molar-refractivity contribution in [1.82, 2.24) is 15.5 Å². The Bertz CT molecular complexity index is 818. The molecule has 1 amide bonds. The number of amides is 1. The number of aliphatic hydroxyl groups is 1. The van der Waals surface area contributed by atoms with Crippen molar-refractivity contribution in [3.63, 3.8) is 0 Å². The highest BCUT2D eigenvalue weighted by Crippen LogP contribution is 2.20. The second-order valence-electron chi connectivity index (χ2n) is 5.85. The number of aromatic nitrogens is 2. The first-order valence-corrected chi connectivity index (χ1v) is 8.04. The minimum atomic E-state index is -0.639. The fourth-order valence-corrected chi connectivity index (χ4v) is 2.53. The van der Waals surface area contributed by atoms with Crippen molar-refractivity contribution in [2.45, 2.75) is 25.5 Å². The van der Waals surface area contributed by atoms with Crippen LogP contribution in [0.2, 0.25) is 0 Å². The molecule has 0 radical (unpaired) electrons. The Morgan fingerprint density at radius 2 is 2.04 bits per heavy atom. The Kier molecular flexibility index (Phi) is 5.20. The van der Waals surface area contributed by atoms with E-state index >= 15 is 0 Å². The summed E-state index contributed by atoms with van der Waals surface area (Å²) in [6, 6.07) is 14.3. The predicted molar refractivity (Wildman–Crippen MR) is 92.7 cm³/mol. The third-order valence-corrected chi connectivity index (χ3v) is 3.83. The standard InChI is InChI=1S/C19H19N3O3/c1-13(10-17(23)14-6-3-2-4-7-14)21-19(24)16-11-18(25-22-16)15-8-5-9-20-12-15/h2-9,11-13,17,23H,10H2,1H3,(H,21,24). The van der Waals surface area contributed by atoms with Crippen molar-refractivity contribution < 1.29 is 14.4 Å². The first kappa shape index (κ1) is 16.9. The van der Waals surface area contributed by atoms with E-state index in [1.54, 1.807) is 24.5 Å². The van der Waals surface area contributed by atoms with Crippen LogP contribution in [0.25, 0.3) is 11.3 Å². The predicted octanol–water partition coefficient (Wildman–Crippen LogP) is 2.98. The van der Waals surface area contributed by atoms with E-state index < -0.39 is 6.10 Å². The quantitative estimate of drug-likeness (QED) is 0.722. The van der Waals surface area contributed by atoms with Crippen molar-refractivity contribution in [3.8, 4) is 11.3 Å². The van der Waals surface area contributed by atoms with Gasteiger partial charge in [-0.2, -0.15) is 0 Å². The molecule has 0 aliphatic rings. The summed E-state index contributed by atoms with van der Waals surface area (Å²) >= 11 is 0. The molecule has 0 fully saturated rings. The van der Waals surface area contributed by atoms with E-state index in [1.807, 2.05) is 43.3 Å². The third-order valence-electron chi connectivity index (χ3n) is 3.83. The number of nitrogens with zero attached hydrogens (tertiary/aromatic N) is 2. The molecular weight excluding hydrogens is 318 g/mol. The van der Waals surface area contributed by atoms with Gasteiger partial charge in [0.15, 0.2) is 11.5 Å². The van der Waals surface area contributed by atoms with Crippen LogP contribution in [0.5, 0.6) is 0 Å². The normalized spacial score (nSPS) is 13.2. The average molecular weight is 337 g/mol. The molecule has 6 nitrogen and oxygen atoms in total. The van der Waals surface area contributed by atoms with Crippen LogP contribution in [0.3, 0.4) is 0 Å². The first-order chi connectivity index (χ1) is 12.1. The molecule has 0 aliphatic carbocycles. The van der Waals surface area contributed by atoms with Gasteiger partial charge in [-0.3, -0.25) is 9.78 Å². The van der Waals surface area contributed by atoms with Gasteiger partial charge >= 0.3 is 0 Å². The van der Waals surface area contributed by atoms with Gasteiger partial charge in [-0.05, 0) is 31.0 Å². The van der Waals surface area contributed by atoms with Crippen LogP contribution in [-0.4, -0.2) is 27.2 Å². The molecule has 2 unspecified atom stereocenters. The van der Waals surface area contributed by atoms with Crippen molar-refractivity contribution in [2.75, 3.05) is 0 Å². The van der Waals surface area contributed by atoms with E-state index in [2.05, 4.69) is 15.5 Å². The van der Waals surface area contributed by atoms with Crippen LogP contribution < -0.4 is 5.32 Å². The van der Waals surface area contributed by atoms with E-state index in [-0.39, 0.29) is 17.6 Å². The highest BCUT2D eigenvalue weighted by molar-refractivity contribution is 5.93. The molecule has 2 atom stereocenters. The molecule has 2 N–H and O–H groups in total. The molecule has 2 heterocycles. The van der Waals surface area contributed by atoms with Crippen LogP contribution in [0.15, 0.2) is 65.4 Å². The Morgan fingerprint density at radius 1 is 1.24 bits per heavy atom. The van der Waals surface area contributed by atoms with Gasteiger partial charge in [0.2, 0.25) is 0 Å². The van der Waals surface area contributed by atoms with Crippen molar-refractivity contribution >= 4 is 5.91 Å². The molecule has 0 aliphatic heterocycles. The summed E-state index contributed by atoms with van der Waals surface area (Å²) in [5.74, 6) is 0.141. The number of hydrogen-bond acceptors (Lipinski definition) is 5. The molecule has 6 heteroatoms. The smallest absolute Gasteiger partial charge is 0.273 e. The first-order valence-electron chi connectivity index (χ1n) is 8.04. The molecular formula is C19H19N3O3. The third kappa shape index (κ3) is 4.30. The number of carbonyl (C=O) groups excluding carboxylic acids is 1. The Balaban J connectivity index is 1.59. The number of rotatable bonds is 6. The van der Waals surface area contributed by atoms with Gasteiger partial charge in [0.1, 0.15) is 0 Å². The second-order valence-corrected chi connectivity index (χ2v) is 5.85. The van der Waals surface area contributed by atoms with Crippen LogP contribution >= 0.6 is 0 Å². The van der Waals surface area contributed by atoms with E-state index in [0.717, 1.165) is 11.1 Å². The van der Waals surface area contributed by atoms with Crippen LogP contribution in [-0.2, 0) is 0 Å². The molecule has 128 valence electrons. The Labute approximate surface area is 145 Å². The summed E-state index contributed by atoms with van der Waals surface area (Å²) in [6.07, 6.45) is 3.07. The molecule has 2 aromatic heterocycles. The molecule has 0 spiro atoms. The maximum absolute atomic E-state index is 12.3. The molecule has 1 aromatic carbocycles. The van der Waals surface area contributed by atoms with Gasteiger partial charge in [0.05, 0.1) is 6.10 Å². The number of carbonyl (C=O) groups is 1. The van der Waals surface area contributed by atoms with Crippen molar-refractivity contribution in [2.24, 2.45) is 0 Å². The summed E-state index contributed by atoms with van der Waals surface area (Å²) in [5.41, 5.74) is 1.77. The minimum absolute atomic E-state index is 0.194. The number of aliphatic hydroxyl groups excluding tert-OH is 1. The van der Waals surface area contributed by atoms with E-state index in [4.69, 9.17) is 4.52 Å². The number of pyridine rings is 1. The summed E-state index contributed by atoms with van der Waals surface area (Å²) in [6.45, 7) is 1.84. The Hall–Kier alpha value is -2.99. The number of hydrogen-bond donors (Lipinski definition) is 2. The summed E-state index contributed by atoms with van der Waals surface area (Å²) in [7, 11) is 0. The number of nitrogens with one attached hydrogen (secondary N) is 1. The highest BCUT2D eigenvalue weighted by Gasteiger charge is 2.18. The molecule has 0 saturated carbocycles. The zero-order valence-electron chi connectivity index (χ0n) is 13.8. The monoisotopic (exact) mass is 337 g/mol. The lowest BCUT2D eigenvalue weighted by Gasteiger charge is -2.17. The average Bonchev–Trinajstić information content (AvgIpc) is 3.13. The van der Waals surface area contributed by atoms with Gasteiger partial charge in [-0.15, -0.1) is 0 Å². The van der Waals surface area contributed by atoms with E-state index in [9.17, 15) is 9.90 Å². The molecule has 0 bridgehead atoms. The lowest BCUT2D eigenvalue weighted by atomic mass is 10.0. The van der Waals surface area contributed by atoms with Gasteiger partial charge in [-0.1, -0.05) is 35.5 Å². The topological polar surface area (TPSA) is 88.2 Å². The maximum Gasteiger partial charge on any atom is 0.273 e. The largest absolute Gasteiger partial charge is 0.388 e. The zero-order valence-corrected chi connectivity index (χ0v) is 13.8. The van der Waals surface area contributed by atoms with Gasteiger partial charge in [-0.25, -0.2) is 0 Å². The van der Waals surface area contributed by atoms with Crippen LogP contribution in [0, 0.1) is 0 Å². The van der Waals surface area contributed by atoms with Crippen LogP contribution in [0.1, 0.15) is 35.5 Å². The Morgan fingerprint density at radius 3 is 2.76 bits per heavy atom. The molecule has 25 heavy (non-hydrogen) atoms.